The van der Waals surface area contributed by atoms with Gasteiger partial charge in [-0.25, -0.2) is 4.39 Å². The average molecular weight is 250 g/mol. The zero-order valence-electron chi connectivity index (χ0n) is 8.78. The van der Waals surface area contributed by atoms with E-state index < -0.39 is 11.6 Å². The van der Waals surface area contributed by atoms with Gasteiger partial charge in [0, 0.05) is 11.3 Å². The van der Waals surface area contributed by atoms with Gasteiger partial charge in [-0.2, -0.15) is 0 Å². The summed E-state index contributed by atoms with van der Waals surface area (Å²) in [6, 6.07) is 10.3. The maximum atomic E-state index is 13.5. The van der Waals surface area contributed by atoms with Gasteiger partial charge in [0.25, 0.3) is 0 Å². The molecule has 0 amide bonds. The summed E-state index contributed by atoms with van der Waals surface area (Å²) >= 11 is 5.89. The number of rotatable bonds is 2. The molecule has 0 aliphatic rings. The number of ketones is 1. The van der Waals surface area contributed by atoms with E-state index in [1.54, 1.807) is 12.1 Å². The van der Waals surface area contributed by atoms with Crippen molar-refractivity contribution in [1.82, 2.24) is 0 Å². The molecule has 0 bridgehead atoms. The van der Waals surface area contributed by atoms with Gasteiger partial charge in [-0.1, -0.05) is 23.7 Å². The van der Waals surface area contributed by atoms with E-state index in [4.69, 9.17) is 17.3 Å². The minimum Gasteiger partial charge on any atom is -0.399 e. The third-order valence-corrected chi connectivity index (χ3v) is 2.68. The Bertz CT molecular complexity index is 583. The van der Waals surface area contributed by atoms with Crippen LogP contribution in [-0.4, -0.2) is 5.78 Å². The molecule has 2 N–H and O–H groups in total. The molecule has 0 unspecified atom stereocenters. The molecule has 0 spiro atoms. The molecule has 0 atom stereocenters. The van der Waals surface area contributed by atoms with Crippen molar-refractivity contribution >= 4 is 23.1 Å². The molecule has 0 aliphatic carbocycles. The molecule has 0 fully saturated rings. The molecule has 2 aromatic rings. The van der Waals surface area contributed by atoms with Crippen LogP contribution in [0.4, 0.5) is 10.1 Å². The summed E-state index contributed by atoms with van der Waals surface area (Å²) < 4.78 is 13.5. The van der Waals surface area contributed by atoms with Crippen LogP contribution < -0.4 is 5.73 Å². The van der Waals surface area contributed by atoms with Crippen molar-refractivity contribution in [2.24, 2.45) is 0 Å². The van der Waals surface area contributed by atoms with Gasteiger partial charge >= 0.3 is 0 Å². The van der Waals surface area contributed by atoms with E-state index in [2.05, 4.69) is 0 Å². The van der Waals surface area contributed by atoms with Crippen LogP contribution in [0.2, 0.25) is 5.02 Å². The van der Waals surface area contributed by atoms with Crippen LogP contribution in [0, 0.1) is 5.82 Å². The highest BCUT2D eigenvalue weighted by Gasteiger charge is 2.16. The summed E-state index contributed by atoms with van der Waals surface area (Å²) in [5.74, 6) is -1.05. The van der Waals surface area contributed by atoms with E-state index >= 15 is 0 Å². The summed E-state index contributed by atoms with van der Waals surface area (Å²) in [5.41, 5.74) is 6.18. The summed E-state index contributed by atoms with van der Waals surface area (Å²) in [5, 5.41) is 0.257. The van der Waals surface area contributed by atoms with Crippen molar-refractivity contribution < 1.29 is 9.18 Å². The Kier molecular flexibility index (Phi) is 3.11. The lowest BCUT2D eigenvalue weighted by Gasteiger charge is -2.05. The Morgan fingerprint density at radius 1 is 1.12 bits per heavy atom. The molecule has 86 valence electrons. The second kappa shape index (κ2) is 4.55. The quantitative estimate of drug-likeness (QED) is 0.656. The van der Waals surface area contributed by atoms with Crippen molar-refractivity contribution in [3.8, 4) is 0 Å². The molecule has 2 rings (SSSR count). The van der Waals surface area contributed by atoms with E-state index in [1.165, 1.54) is 30.3 Å². The second-order valence-electron chi connectivity index (χ2n) is 3.55. The first-order valence-electron chi connectivity index (χ1n) is 4.94. The first-order chi connectivity index (χ1) is 8.09. The van der Waals surface area contributed by atoms with Gasteiger partial charge in [0.05, 0.1) is 10.6 Å². The molecule has 0 aliphatic heterocycles. The van der Waals surface area contributed by atoms with Crippen molar-refractivity contribution in [1.29, 1.82) is 0 Å². The predicted molar refractivity (Wildman–Crippen MR) is 65.7 cm³/mol. The van der Waals surface area contributed by atoms with E-state index in [9.17, 15) is 9.18 Å². The molecule has 0 saturated heterocycles. The minimum atomic E-state index is -0.573. The zero-order chi connectivity index (χ0) is 12.4. The van der Waals surface area contributed by atoms with Crippen LogP contribution in [0.3, 0.4) is 0 Å². The first-order valence-corrected chi connectivity index (χ1v) is 5.31. The Hall–Kier alpha value is -1.87. The molecule has 17 heavy (non-hydrogen) atoms. The van der Waals surface area contributed by atoms with Crippen LogP contribution in [0.25, 0.3) is 0 Å². The molecule has 2 nitrogen and oxygen atoms in total. The SMILES string of the molecule is Nc1ccc(Cl)c(C(=O)c2ccccc2F)c1. The third-order valence-electron chi connectivity index (χ3n) is 2.35. The topological polar surface area (TPSA) is 43.1 Å². The molecular weight excluding hydrogens is 241 g/mol. The van der Waals surface area contributed by atoms with Crippen LogP contribution in [0.1, 0.15) is 15.9 Å². The number of nitrogen functional groups attached to an aromatic ring is 1. The van der Waals surface area contributed by atoms with Crippen LogP contribution >= 0.6 is 11.6 Å². The molecule has 0 saturated carbocycles. The first kappa shape index (κ1) is 11.6. The van der Waals surface area contributed by atoms with Crippen molar-refractivity contribution in [3.05, 3.63) is 64.4 Å². The summed E-state index contributed by atoms with van der Waals surface area (Å²) in [7, 11) is 0. The van der Waals surface area contributed by atoms with Crippen molar-refractivity contribution in [2.45, 2.75) is 0 Å². The number of carbonyl (C=O) groups excluding carboxylic acids is 1. The average Bonchev–Trinajstić information content (AvgIpc) is 2.32. The maximum Gasteiger partial charge on any atom is 0.197 e. The van der Waals surface area contributed by atoms with E-state index in [0.29, 0.717) is 5.69 Å². The van der Waals surface area contributed by atoms with Crippen LogP contribution in [0.5, 0.6) is 0 Å². The summed E-state index contributed by atoms with van der Waals surface area (Å²) in [4.78, 5) is 12.1. The van der Waals surface area contributed by atoms with Crippen LogP contribution in [0.15, 0.2) is 42.5 Å². The molecule has 0 radical (unpaired) electrons. The van der Waals surface area contributed by atoms with E-state index in [-0.39, 0.29) is 16.1 Å². The highest BCUT2D eigenvalue weighted by Crippen LogP contribution is 2.23. The fourth-order valence-corrected chi connectivity index (χ4v) is 1.71. The van der Waals surface area contributed by atoms with Crippen molar-refractivity contribution in [2.75, 3.05) is 5.73 Å². The monoisotopic (exact) mass is 249 g/mol. The molecule has 4 heteroatoms. The lowest BCUT2D eigenvalue weighted by Crippen LogP contribution is -2.05. The fraction of sp³-hybridized carbons (Fsp3) is 0. The van der Waals surface area contributed by atoms with Gasteiger partial charge in [-0.05, 0) is 30.3 Å². The molecule has 2 aromatic carbocycles. The normalized spacial score (nSPS) is 10.2. The van der Waals surface area contributed by atoms with Crippen molar-refractivity contribution in [3.63, 3.8) is 0 Å². The fourth-order valence-electron chi connectivity index (χ4n) is 1.51. The molecule has 0 heterocycles. The molecular formula is C13H9ClFNO. The highest BCUT2D eigenvalue weighted by molar-refractivity contribution is 6.35. The summed E-state index contributed by atoms with van der Waals surface area (Å²) in [6.07, 6.45) is 0. The largest absolute Gasteiger partial charge is 0.399 e. The zero-order valence-corrected chi connectivity index (χ0v) is 9.54. The van der Waals surface area contributed by atoms with E-state index in [0.717, 1.165) is 0 Å². The number of nitrogens with two attached hydrogens (primary N) is 1. The maximum absolute atomic E-state index is 13.5. The number of anilines is 1. The number of hydrogen-bond donors (Lipinski definition) is 1. The number of halogens is 2. The van der Waals surface area contributed by atoms with Crippen LogP contribution in [-0.2, 0) is 0 Å². The minimum absolute atomic E-state index is 0.0139. The Morgan fingerprint density at radius 2 is 1.82 bits per heavy atom. The predicted octanol–water partition coefficient (Wildman–Crippen LogP) is 3.29. The van der Waals surface area contributed by atoms with Gasteiger partial charge in [0.1, 0.15) is 5.82 Å². The standard InChI is InChI=1S/C13H9ClFNO/c14-11-6-5-8(16)7-10(11)13(17)9-3-1-2-4-12(9)15/h1-7H,16H2. The lowest BCUT2D eigenvalue weighted by molar-refractivity contribution is 0.103. The highest BCUT2D eigenvalue weighted by atomic mass is 35.5. The Labute approximate surface area is 103 Å². The lowest BCUT2D eigenvalue weighted by atomic mass is 10.0. The molecule has 0 aromatic heterocycles. The van der Waals surface area contributed by atoms with E-state index in [1.807, 2.05) is 0 Å². The summed E-state index contributed by atoms with van der Waals surface area (Å²) in [6.45, 7) is 0. The van der Waals surface area contributed by atoms with Gasteiger partial charge < -0.3 is 5.73 Å². The Balaban J connectivity index is 2.51. The number of hydrogen-bond acceptors (Lipinski definition) is 2. The number of benzene rings is 2. The van der Waals surface area contributed by atoms with Gasteiger partial charge in [0.15, 0.2) is 5.78 Å². The second-order valence-corrected chi connectivity index (χ2v) is 3.96. The van der Waals surface area contributed by atoms with Gasteiger partial charge in [0.2, 0.25) is 0 Å². The number of carbonyl (C=O) groups is 1. The Morgan fingerprint density at radius 3 is 2.53 bits per heavy atom. The van der Waals surface area contributed by atoms with Gasteiger partial charge in [-0.3, -0.25) is 4.79 Å². The smallest absolute Gasteiger partial charge is 0.197 e. The van der Waals surface area contributed by atoms with Gasteiger partial charge in [-0.15, -0.1) is 0 Å². The third kappa shape index (κ3) is 2.29.